The molecule has 15 heavy (non-hydrogen) atoms. The Balaban J connectivity index is 0.000000531. The van der Waals surface area contributed by atoms with E-state index >= 15 is 0 Å². The van der Waals surface area contributed by atoms with Gasteiger partial charge in [-0.15, -0.1) is 0 Å². The van der Waals surface area contributed by atoms with Crippen LogP contribution in [0.25, 0.3) is 11.1 Å². The quantitative estimate of drug-likeness (QED) is 0.674. The Morgan fingerprint density at radius 2 is 1.47 bits per heavy atom. The highest BCUT2D eigenvalue weighted by molar-refractivity contribution is 5.61. The lowest BCUT2D eigenvalue weighted by Crippen LogP contribution is -1.81. The standard InChI is InChI=1S/C12H11N.C2H6/c1-10-7-8-12(9-13-10)11-5-3-2-4-6-11;1-2/h2-9H,1H3;1-2H3. The molecule has 0 saturated heterocycles. The molecule has 1 heterocycles. The van der Waals surface area contributed by atoms with E-state index in [1.165, 1.54) is 11.1 Å². The van der Waals surface area contributed by atoms with Crippen molar-refractivity contribution in [2.24, 2.45) is 0 Å². The molecule has 0 saturated carbocycles. The Kier molecular flexibility index (Phi) is 4.55. The molecule has 0 unspecified atom stereocenters. The van der Waals surface area contributed by atoms with Crippen LogP contribution < -0.4 is 0 Å². The number of hydrogen-bond donors (Lipinski definition) is 0. The maximum absolute atomic E-state index is 4.26. The van der Waals surface area contributed by atoms with Crippen molar-refractivity contribution in [3.8, 4) is 11.1 Å². The van der Waals surface area contributed by atoms with Gasteiger partial charge in [-0.25, -0.2) is 0 Å². The summed E-state index contributed by atoms with van der Waals surface area (Å²) in [6.07, 6.45) is 1.91. The zero-order chi connectivity index (χ0) is 11.1. The van der Waals surface area contributed by atoms with E-state index < -0.39 is 0 Å². The molecule has 2 rings (SSSR count). The monoisotopic (exact) mass is 199 g/mol. The van der Waals surface area contributed by atoms with Gasteiger partial charge in [0.05, 0.1) is 0 Å². The van der Waals surface area contributed by atoms with E-state index in [0.717, 1.165) is 5.69 Å². The van der Waals surface area contributed by atoms with Crippen molar-refractivity contribution in [1.82, 2.24) is 4.98 Å². The zero-order valence-electron chi connectivity index (χ0n) is 9.57. The molecule has 0 bridgehead atoms. The van der Waals surface area contributed by atoms with E-state index in [4.69, 9.17) is 0 Å². The highest BCUT2D eigenvalue weighted by Gasteiger charge is 1.94. The molecule has 78 valence electrons. The largest absolute Gasteiger partial charge is 0.261 e. The second-order valence-corrected chi connectivity index (χ2v) is 3.05. The minimum absolute atomic E-state index is 1.06. The summed E-state index contributed by atoms with van der Waals surface area (Å²) in [5.41, 5.74) is 3.45. The molecule has 0 N–H and O–H groups in total. The molecule has 0 radical (unpaired) electrons. The average molecular weight is 199 g/mol. The fourth-order valence-electron chi connectivity index (χ4n) is 1.27. The van der Waals surface area contributed by atoms with Gasteiger partial charge in [-0.05, 0) is 18.6 Å². The Bertz CT molecular complexity index is 376. The number of rotatable bonds is 1. The first-order valence-corrected chi connectivity index (χ1v) is 5.34. The van der Waals surface area contributed by atoms with Crippen molar-refractivity contribution >= 4 is 0 Å². The van der Waals surface area contributed by atoms with Crippen molar-refractivity contribution in [2.75, 3.05) is 0 Å². The molecule has 0 aliphatic heterocycles. The van der Waals surface area contributed by atoms with Crippen LogP contribution in [0.3, 0.4) is 0 Å². The number of aryl methyl sites for hydroxylation is 1. The molecule has 2 aromatic rings. The van der Waals surface area contributed by atoms with Crippen molar-refractivity contribution < 1.29 is 0 Å². The second kappa shape index (κ2) is 5.97. The molecule has 1 nitrogen and oxygen atoms in total. The lowest BCUT2D eigenvalue weighted by Gasteiger charge is -2.00. The van der Waals surface area contributed by atoms with Crippen LogP contribution in [-0.2, 0) is 0 Å². The average Bonchev–Trinajstić information content (AvgIpc) is 2.34. The van der Waals surface area contributed by atoms with E-state index in [9.17, 15) is 0 Å². The Hall–Kier alpha value is -1.63. The maximum Gasteiger partial charge on any atom is 0.0373 e. The topological polar surface area (TPSA) is 12.9 Å². The third kappa shape index (κ3) is 3.21. The van der Waals surface area contributed by atoms with Crippen molar-refractivity contribution in [3.05, 3.63) is 54.4 Å². The number of nitrogens with zero attached hydrogens (tertiary/aromatic N) is 1. The highest BCUT2D eigenvalue weighted by atomic mass is 14.7. The van der Waals surface area contributed by atoms with E-state index in [-0.39, 0.29) is 0 Å². The summed E-state index contributed by atoms with van der Waals surface area (Å²) in [5.74, 6) is 0. The summed E-state index contributed by atoms with van der Waals surface area (Å²) in [6, 6.07) is 14.4. The molecule has 1 aromatic heterocycles. The fourth-order valence-corrected chi connectivity index (χ4v) is 1.27. The molecule has 0 aliphatic rings. The van der Waals surface area contributed by atoms with Gasteiger partial charge in [0.2, 0.25) is 0 Å². The first-order valence-electron chi connectivity index (χ1n) is 5.34. The van der Waals surface area contributed by atoms with Gasteiger partial charge in [0.25, 0.3) is 0 Å². The molecule has 1 aromatic carbocycles. The Morgan fingerprint density at radius 1 is 0.800 bits per heavy atom. The normalized spacial score (nSPS) is 9.00. The summed E-state index contributed by atoms with van der Waals surface area (Å²) < 4.78 is 0. The van der Waals surface area contributed by atoms with Gasteiger partial charge in [-0.3, -0.25) is 4.98 Å². The summed E-state index contributed by atoms with van der Waals surface area (Å²) in [7, 11) is 0. The van der Waals surface area contributed by atoms with Gasteiger partial charge < -0.3 is 0 Å². The lowest BCUT2D eigenvalue weighted by molar-refractivity contribution is 1.20. The minimum Gasteiger partial charge on any atom is -0.261 e. The van der Waals surface area contributed by atoms with E-state index in [1.807, 2.05) is 51.2 Å². The third-order valence-corrected chi connectivity index (χ3v) is 2.02. The van der Waals surface area contributed by atoms with Crippen molar-refractivity contribution in [1.29, 1.82) is 0 Å². The van der Waals surface area contributed by atoms with Crippen LogP contribution in [-0.4, -0.2) is 4.98 Å². The predicted octanol–water partition coefficient (Wildman–Crippen LogP) is 4.08. The summed E-state index contributed by atoms with van der Waals surface area (Å²) >= 11 is 0. The fraction of sp³-hybridized carbons (Fsp3) is 0.214. The van der Waals surface area contributed by atoms with Gasteiger partial charge in [0, 0.05) is 17.5 Å². The van der Waals surface area contributed by atoms with Crippen molar-refractivity contribution in [2.45, 2.75) is 20.8 Å². The van der Waals surface area contributed by atoms with Crippen LogP contribution in [0.15, 0.2) is 48.7 Å². The first kappa shape index (κ1) is 11.4. The van der Waals surface area contributed by atoms with Crippen LogP contribution in [0.4, 0.5) is 0 Å². The third-order valence-electron chi connectivity index (χ3n) is 2.02. The van der Waals surface area contributed by atoms with E-state index in [0.29, 0.717) is 0 Å². The number of aromatic nitrogens is 1. The molecule has 0 fully saturated rings. The van der Waals surface area contributed by atoms with Gasteiger partial charge >= 0.3 is 0 Å². The van der Waals surface area contributed by atoms with E-state index in [2.05, 4.69) is 23.2 Å². The molecular formula is C14H17N. The highest BCUT2D eigenvalue weighted by Crippen LogP contribution is 2.17. The van der Waals surface area contributed by atoms with Crippen LogP contribution in [0.5, 0.6) is 0 Å². The minimum atomic E-state index is 1.06. The van der Waals surface area contributed by atoms with Gasteiger partial charge in [0.15, 0.2) is 0 Å². The smallest absolute Gasteiger partial charge is 0.0373 e. The molecule has 1 heteroatoms. The van der Waals surface area contributed by atoms with E-state index in [1.54, 1.807) is 0 Å². The van der Waals surface area contributed by atoms with Gasteiger partial charge in [0.1, 0.15) is 0 Å². The summed E-state index contributed by atoms with van der Waals surface area (Å²) in [6.45, 7) is 5.99. The summed E-state index contributed by atoms with van der Waals surface area (Å²) in [4.78, 5) is 4.26. The first-order chi connectivity index (χ1) is 7.36. The van der Waals surface area contributed by atoms with Gasteiger partial charge in [-0.2, -0.15) is 0 Å². The van der Waals surface area contributed by atoms with Crippen LogP contribution in [0.2, 0.25) is 0 Å². The number of pyridine rings is 1. The zero-order valence-corrected chi connectivity index (χ0v) is 9.57. The molecule has 0 spiro atoms. The second-order valence-electron chi connectivity index (χ2n) is 3.05. The molecule has 0 atom stereocenters. The Labute approximate surface area is 91.8 Å². The van der Waals surface area contributed by atoms with Gasteiger partial charge in [-0.1, -0.05) is 50.2 Å². The van der Waals surface area contributed by atoms with Crippen LogP contribution >= 0.6 is 0 Å². The number of hydrogen-bond acceptors (Lipinski definition) is 1. The van der Waals surface area contributed by atoms with Crippen LogP contribution in [0.1, 0.15) is 19.5 Å². The molecular weight excluding hydrogens is 182 g/mol. The lowest BCUT2D eigenvalue weighted by atomic mass is 10.1. The maximum atomic E-state index is 4.26. The van der Waals surface area contributed by atoms with Crippen molar-refractivity contribution in [3.63, 3.8) is 0 Å². The SMILES string of the molecule is CC.Cc1ccc(-c2ccccc2)cn1. The predicted molar refractivity (Wildman–Crippen MR) is 65.8 cm³/mol. The Morgan fingerprint density at radius 3 is 2.00 bits per heavy atom. The number of benzene rings is 1. The van der Waals surface area contributed by atoms with Crippen LogP contribution in [0, 0.1) is 6.92 Å². The molecule has 0 aliphatic carbocycles. The summed E-state index contributed by atoms with van der Waals surface area (Å²) in [5, 5.41) is 0. The molecule has 0 amide bonds.